The Morgan fingerprint density at radius 2 is 1.89 bits per heavy atom. The molecule has 0 bridgehead atoms. The fourth-order valence-electron chi connectivity index (χ4n) is 3.34. The summed E-state index contributed by atoms with van der Waals surface area (Å²) in [6, 6.07) is 6.18. The number of aromatic nitrogens is 2. The number of hydrogen-bond acceptors (Lipinski definition) is 4. The summed E-state index contributed by atoms with van der Waals surface area (Å²) < 4.78 is 13.3. The van der Waals surface area contributed by atoms with E-state index < -0.39 is 0 Å². The summed E-state index contributed by atoms with van der Waals surface area (Å²) in [7, 11) is 3.75. The Labute approximate surface area is 167 Å². The average molecular weight is 386 g/mol. The van der Waals surface area contributed by atoms with Gasteiger partial charge in [0.25, 0.3) is 0 Å². The number of aliphatic imine (C=N–C) groups is 1. The molecule has 2 N–H and O–H groups in total. The summed E-state index contributed by atoms with van der Waals surface area (Å²) in [5.41, 5.74) is 4.50. The minimum Gasteiger partial charge on any atom is -0.486 e. The van der Waals surface area contributed by atoms with Crippen molar-refractivity contribution >= 4 is 5.96 Å². The third kappa shape index (κ3) is 4.24. The molecule has 7 heteroatoms. The molecule has 0 radical (unpaired) electrons. The first-order valence-electron chi connectivity index (χ1n) is 9.65. The van der Waals surface area contributed by atoms with Crippen LogP contribution in [0.1, 0.15) is 36.4 Å². The van der Waals surface area contributed by atoms with Crippen molar-refractivity contribution in [1.29, 1.82) is 0 Å². The van der Waals surface area contributed by atoms with E-state index in [1.54, 1.807) is 7.05 Å². The van der Waals surface area contributed by atoms with Crippen LogP contribution in [-0.4, -0.2) is 42.5 Å². The van der Waals surface area contributed by atoms with Crippen LogP contribution >= 0.6 is 0 Å². The SMILES string of the molecule is CN=C(NCc1c(C)nn(C)c1C)NCC(C)(C)c1ccc2c(c1)OCCO2. The number of nitrogens with one attached hydrogen (secondary N) is 2. The fourth-order valence-corrected chi connectivity index (χ4v) is 3.34. The van der Waals surface area contributed by atoms with Crippen LogP contribution in [0, 0.1) is 13.8 Å². The molecule has 1 aliphatic rings. The molecule has 2 heterocycles. The molecule has 0 saturated heterocycles. The summed E-state index contributed by atoms with van der Waals surface area (Å²) in [6.45, 7) is 11.1. The van der Waals surface area contributed by atoms with Crippen molar-refractivity contribution in [3.8, 4) is 11.5 Å². The third-order valence-electron chi connectivity index (χ3n) is 5.34. The molecule has 2 aromatic rings. The van der Waals surface area contributed by atoms with Crippen LogP contribution in [-0.2, 0) is 19.0 Å². The van der Waals surface area contributed by atoms with E-state index in [1.165, 1.54) is 11.1 Å². The van der Waals surface area contributed by atoms with E-state index >= 15 is 0 Å². The highest BCUT2D eigenvalue weighted by atomic mass is 16.6. The molecule has 152 valence electrons. The van der Waals surface area contributed by atoms with Crippen molar-refractivity contribution in [3.05, 3.63) is 40.7 Å². The zero-order valence-corrected chi connectivity index (χ0v) is 17.7. The molecule has 1 aromatic carbocycles. The smallest absolute Gasteiger partial charge is 0.191 e. The number of nitrogens with zero attached hydrogens (tertiary/aromatic N) is 3. The van der Waals surface area contributed by atoms with Crippen molar-refractivity contribution in [2.45, 2.75) is 39.7 Å². The lowest BCUT2D eigenvalue weighted by molar-refractivity contribution is 0.171. The highest BCUT2D eigenvalue weighted by Gasteiger charge is 2.24. The highest BCUT2D eigenvalue weighted by molar-refractivity contribution is 5.79. The maximum Gasteiger partial charge on any atom is 0.191 e. The Kier molecular flexibility index (Phi) is 5.82. The molecule has 3 rings (SSSR count). The van der Waals surface area contributed by atoms with Crippen LogP contribution in [0.4, 0.5) is 0 Å². The van der Waals surface area contributed by atoms with Crippen molar-refractivity contribution in [2.24, 2.45) is 12.0 Å². The van der Waals surface area contributed by atoms with Crippen LogP contribution in [0.25, 0.3) is 0 Å². The third-order valence-corrected chi connectivity index (χ3v) is 5.34. The molecular formula is C21H31N5O2. The number of guanidine groups is 1. The van der Waals surface area contributed by atoms with Gasteiger partial charge in [-0.25, -0.2) is 0 Å². The molecule has 28 heavy (non-hydrogen) atoms. The second-order valence-electron chi connectivity index (χ2n) is 7.79. The van der Waals surface area contributed by atoms with Gasteiger partial charge in [-0.15, -0.1) is 0 Å². The maximum atomic E-state index is 5.73. The normalized spacial score (nSPS) is 14.1. The molecule has 0 unspecified atom stereocenters. The molecule has 0 fully saturated rings. The summed E-state index contributed by atoms with van der Waals surface area (Å²) in [4.78, 5) is 4.36. The average Bonchev–Trinajstić information content (AvgIpc) is 2.93. The molecule has 0 atom stereocenters. The second kappa shape index (κ2) is 8.12. The van der Waals surface area contributed by atoms with Gasteiger partial charge >= 0.3 is 0 Å². The molecule has 0 saturated carbocycles. The molecule has 1 aromatic heterocycles. The first-order chi connectivity index (χ1) is 13.3. The zero-order chi connectivity index (χ0) is 20.3. The lowest BCUT2D eigenvalue weighted by Gasteiger charge is -2.28. The molecule has 0 spiro atoms. The van der Waals surface area contributed by atoms with E-state index in [0.717, 1.165) is 35.4 Å². The van der Waals surface area contributed by atoms with Crippen LogP contribution < -0.4 is 20.1 Å². The monoisotopic (exact) mass is 385 g/mol. The minimum absolute atomic E-state index is 0.104. The first-order valence-corrected chi connectivity index (χ1v) is 9.65. The van der Waals surface area contributed by atoms with Crippen molar-refractivity contribution in [3.63, 3.8) is 0 Å². The summed E-state index contributed by atoms with van der Waals surface area (Å²) in [6.07, 6.45) is 0. The standard InChI is InChI=1S/C21H31N5O2/c1-14-17(15(2)26(6)25-14)12-23-20(22-5)24-13-21(3,4)16-7-8-18-19(11-16)28-10-9-27-18/h7-8,11H,9-10,12-13H2,1-6H3,(H2,22,23,24). The van der Waals surface area contributed by atoms with E-state index in [0.29, 0.717) is 19.8 Å². The van der Waals surface area contributed by atoms with E-state index in [9.17, 15) is 0 Å². The van der Waals surface area contributed by atoms with E-state index in [4.69, 9.17) is 9.47 Å². The van der Waals surface area contributed by atoms with Gasteiger partial charge in [-0.2, -0.15) is 5.10 Å². The highest BCUT2D eigenvalue weighted by Crippen LogP contribution is 2.34. The molecule has 0 aliphatic carbocycles. The molecular weight excluding hydrogens is 354 g/mol. The number of benzene rings is 1. The lowest BCUT2D eigenvalue weighted by atomic mass is 9.84. The Morgan fingerprint density at radius 1 is 1.18 bits per heavy atom. The van der Waals surface area contributed by atoms with Crippen LogP contribution in [0.2, 0.25) is 0 Å². The maximum absolute atomic E-state index is 5.73. The van der Waals surface area contributed by atoms with Gasteiger partial charge in [0.15, 0.2) is 17.5 Å². The second-order valence-corrected chi connectivity index (χ2v) is 7.79. The van der Waals surface area contributed by atoms with Crippen molar-refractivity contribution in [2.75, 3.05) is 26.8 Å². The number of hydrogen-bond donors (Lipinski definition) is 2. The summed E-state index contributed by atoms with van der Waals surface area (Å²) >= 11 is 0. The number of aryl methyl sites for hydroxylation is 2. The van der Waals surface area contributed by atoms with Gasteiger partial charge in [-0.1, -0.05) is 19.9 Å². The Balaban J connectivity index is 1.62. The summed E-state index contributed by atoms with van der Waals surface area (Å²) in [5, 5.41) is 11.3. The van der Waals surface area contributed by atoms with Gasteiger partial charge in [0.2, 0.25) is 0 Å². The molecule has 1 aliphatic heterocycles. The number of fused-ring (bicyclic) bond motifs is 1. The predicted molar refractivity (Wildman–Crippen MR) is 111 cm³/mol. The van der Waals surface area contributed by atoms with Gasteiger partial charge in [-0.05, 0) is 31.5 Å². The fraction of sp³-hybridized carbons (Fsp3) is 0.524. The zero-order valence-electron chi connectivity index (χ0n) is 17.7. The first kappa shape index (κ1) is 20.0. The summed E-state index contributed by atoms with van der Waals surface area (Å²) in [5.74, 6) is 2.41. The number of rotatable bonds is 5. The van der Waals surface area contributed by atoms with Gasteiger partial charge in [0, 0.05) is 43.9 Å². The quantitative estimate of drug-likeness (QED) is 0.611. The minimum atomic E-state index is -0.104. The van der Waals surface area contributed by atoms with Gasteiger partial charge in [-0.3, -0.25) is 9.67 Å². The Hall–Kier alpha value is -2.70. The van der Waals surface area contributed by atoms with E-state index in [-0.39, 0.29) is 5.41 Å². The largest absolute Gasteiger partial charge is 0.486 e. The Morgan fingerprint density at radius 3 is 2.54 bits per heavy atom. The lowest BCUT2D eigenvalue weighted by Crippen LogP contribution is -2.43. The Bertz CT molecular complexity index is 870. The number of ether oxygens (including phenoxy) is 2. The van der Waals surface area contributed by atoms with E-state index in [1.807, 2.05) is 24.7 Å². The molecule has 7 nitrogen and oxygen atoms in total. The van der Waals surface area contributed by atoms with Crippen LogP contribution in [0.3, 0.4) is 0 Å². The van der Waals surface area contributed by atoms with Crippen molar-refractivity contribution < 1.29 is 9.47 Å². The molecule has 0 amide bonds. The van der Waals surface area contributed by atoms with Crippen LogP contribution in [0.5, 0.6) is 11.5 Å². The van der Waals surface area contributed by atoms with Gasteiger partial charge in [0.1, 0.15) is 13.2 Å². The van der Waals surface area contributed by atoms with Crippen LogP contribution in [0.15, 0.2) is 23.2 Å². The van der Waals surface area contributed by atoms with Gasteiger partial charge < -0.3 is 20.1 Å². The predicted octanol–water partition coefficient (Wildman–Crippen LogP) is 2.45. The van der Waals surface area contributed by atoms with Gasteiger partial charge in [0.05, 0.1) is 5.69 Å². The topological polar surface area (TPSA) is 72.7 Å². The van der Waals surface area contributed by atoms with Crippen molar-refractivity contribution in [1.82, 2.24) is 20.4 Å². The van der Waals surface area contributed by atoms with E-state index in [2.05, 4.69) is 53.6 Å².